The van der Waals surface area contributed by atoms with E-state index in [2.05, 4.69) is 15.5 Å². The van der Waals surface area contributed by atoms with Gasteiger partial charge in [0.15, 0.2) is 5.82 Å². The molecule has 2 N–H and O–H groups in total. The highest BCUT2D eigenvalue weighted by atomic mass is 16.5. The van der Waals surface area contributed by atoms with Gasteiger partial charge in [-0.2, -0.15) is 0 Å². The van der Waals surface area contributed by atoms with Crippen LogP contribution in [-0.4, -0.2) is 33.4 Å². The second-order valence-corrected chi connectivity index (χ2v) is 4.50. The third-order valence-electron chi connectivity index (χ3n) is 3.12. The number of nitrogens with two attached hydrogens (primary N) is 1. The third-order valence-corrected chi connectivity index (χ3v) is 3.12. The van der Waals surface area contributed by atoms with Gasteiger partial charge in [0.2, 0.25) is 0 Å². The fourth-order valence-corrected chi connectivity index (χ4v) is 1.96. The average molecular weight is 261 g/mol. The van der Waals surface area contributed by atoms with E-state index >= 15 is 0 Å². The molecule has 102 valence electrons. The molecule has 2 rings (SSSR count). The Morgan fingerprint density at radius 2 is 2.16 bits per heavy atom. The highest BCUT2D eigenvalue weighted by Gasteiger charge is 2.16. The lowest BCUT2D eigenvalue weighted by Gasteiger charge is -2.14. The molecule has 0 fully saturated rings. The van der Waals surface area contributed by atoms with Crippen LogP contribution in [-0.2, 0) is 7.05 Å². The number of hydrogen-bond acceptors (Lipinski definition) is 5. The number of ether oxygens (including phenoxy) is 1. The summed E-state index contributed by atoms with van der Waals surface area (Å²) in [4.78, 5) is 0. The molecule has 0 saturated carbocycles. The maximum absolute atomic E-state index is 5.78. The molecule has 0 aliphatic heterocycles. The summed E-state index contributed by atoms with van der Waals surface area (Å²) in [6.07, 6.45) is 0.791. The molecule has 1 aromatic heterocycles. The minimum Gasteiger partial charge on any atom is -0.493 e. The van der Waals surface area contributed by atoms with E-state index in [9.17, 15) is 0 Å². The minimum atomic E-state index is 0.115. The monoisotopic (exact) mass is 261 g/mol. The van der Waals surface area contributed by atoms with Crippen molar-refractivity contribution in [1.29, 1.82) is 0 Å². The van der Waals surface area contributed by atoms with Gasteiger partial charge < -0.3 is 10.5 Å². The first kappa shape index (κ1) is 13.5. The van der Waals surface area contributed by atoms with Crippen LogP contribution in [0, 0.1) is 6.92 Å². The molecule has 0 spiro atoms. The first-order valence-corrected chi connectivity index (χ1v) is 6.33. The number of aromatic nitrogens is 4. The van der Waals surface area contributed by atoms with Crippen LogP contribution < -0.4 is 10.5 Å². The van der Waals surface area contributed by atoms with Gasteiger partial charge in [-0.15, -0.1) is 5.10 Å². The Morgan fingerprint density at radius 1 is 1.37 bits per heavy atom. The maximum Gasteiger partial charge on any atom is 0.155 e. The highest BCUT2D eigenvalue weighted by Crippen LogP contribution is 2.19. The van der Waals surface area contributed by atoms with Gasteiger partial charge in [0.05, 0.1) is 6.61 Å². The van der Waals surface area contributed by atoms with Crippen LogP contribution in [0.5, 0.6) is 5.75 Å². The predicted molar refractivity (Wildman–Crippen MR) is 71.9 cm³/mol. The van der Waals surface area contributed by atoms with Crippen LogP contribution in [0.15, 0.2) is 24.3 Å². The fraction of sp³-hybridized carbons (Fsp3) is 0.462. The summed E-state index contributed by atoms with van der Waals surface area (Å²) in [7, 11) is 1.82. The molecule has 0 amide bonds. The largest absolute Gasteiger partial charge is 0.493 e. The Kier molecular flexibility index (Phi) is 4.46. The molecule has 2 aromatic rings. The summed E-state index contributed by atoms with van der Waals surface area (Å²) >= 11 is 0. The lowest BCUT2D eigenvalue weighted by Crippen LogP contribution is -2.19. The molecule has 0 saturated heterocycles. The number of aryl methyl sites for hydroxylation is 2. The molecule has 1 atom stereocenters. The van der Waals surface area contributed by atoms with Crippen molar-refractivity contribution in [3.05, 3.63) is 35.7 Å². The first-order valence-electron chi connectivity index (χ1n) is 6.33. The Labute approximate surface area is 112 Å². The van der Waals surface area contributed by atoms with E-state index in [1.807, 2.05) is 38.2 Å². The van der Waals surface area contributed by atoms with E-state index in [0.717, 1.165) is 23.6 Å². The Balaban J connectivity index is 1.91. The van der Waals surface area contributed by atoms with Gasteiger partial charge in [-0.3, -0.25) is 0 Å². The molecule has 6 nitrogen and oxygen atoms in total. The normalized spacial score (nSPS) is 12.4. The SMILES string of the molecule is Cc1ccccc1OCCC(CN)c1nnnn1C. The molecule has 19 heavy (non-hydrogen) atoms. The van der Waals surface area contributed by atoms with E-state index in [1.54, 1.807) is 4.68 Å². The highest BCUT2D eigenvalue weighted by molar-refractivity contribution is 5.31. The zero-order valence-corrected chi connectivity index (χ0v) is 11.3. The van der Waals surface area contributed by atoms with Crippen LogP contribution in [0.25, 0.3) is 0 Å². The van der Waals surface area contributed by atoms with Gasteiger partial charge in [0.1, 0.15) is 5.75 Å². The number of benzene rings is 1. The van der Waals surface area contributed by atoms with E-state index in [0.29, 0.717) is 13.2 Å². The van der Waals surface area contributed by atoms with Gasteiger partial charge in [-0.05, 0) is 35.4 Å². The number of hydrogen-bond donors (Lipinski definition) is 1. The van der Waals surface area contributed by atoms with Crippen molar-refractivity contribution >= 4 is 0 Å². The van der Waals surface area contributed by atoms with Crippen LogP contribution >= 0.6 is 0 Å². The zero-order chi connectivity index (χ0) is 13.7. The van der Waals surface area contributed by atoms with Crippen molar-refractivity contribution < 1.29 is 4.74 Å². The molecule has 0 radical (unpaired) electrons. The third kappa shape index (κ3) is 3.29. The second-order valence-electron chi connectivity index (χ2n) is 4.50. The van der Waals surface area contributed by atoms with Gasteiger partial charge in [-0.25, -0.2) is 4.68 Å². The van der Waals surface area contributed by atoms with Crippen LogP contribution in [0.1, 0.15) is 23.7 Å². The van der Waals surface area contributed by atoms with Crippen molar-refractivity contribution in [2.24, 2.45) is 12.8 Å². The predicted octanol–water partition coefficient (Wildman–Crippen LogP) is 1.03. The molecule has 1 unspecified atom stereocenters. The topological polar surface area (TPSA) is 78.8 Å². The summed E-state index contributed by atoms with van der Waals surface area (Å²) in [6.45, 7) is 3.13. The molecule has 6 heteroatoms. The first-order chi connectivity index (χ1) is 9.22. The van der Waals surface area contributed by atoms with Gasteiger partial charge >= 0.3 is 0 Å². The molecule has 0 bridgehead atoms. The van der Waals surface area contributed by atoms with E-state index in [4.69, 9.17) is 10.5 Å². The summed E-state index contributed by atoms with van der Waals surface area (Å²) in [6, 6.07) is 7.96. The second kappa shape index (κ2) is 6.29. The van der Waals surface area contributed by atoms with Crippen LogP contribution in [0.4, 0.5) is 0 Å². The maximum atomic E-state index is 5.78. The molecule has 1 aromatic carbocycles. The number of para-hydroxylation sites is 1. The van der Waals surface area contributed by atoms with E-state index in [-0.39, 0.29) is 5.92 Å². The Hall–Kier alpha value is -1.95. The molecular weight excluding hydrogens is 242 g/mol. The number of rotatable bonds is 6. The van der Waals surface area contributed by atoms with Crippen molar-refractivity contribution in [2.45, 2.75) is 19.3 Å². The lowest BCUT2D eigenvalue weighted by molar-refractivity contribution is 0.293. The lowest BCUT2D eigenvalue weighted by atomic mass is 10.1. The van der Waals surface area contributed by atoms with E-state index < -0.39 is 0 Å². The quantitative estimate of drug-likeness (QED) is 0.840. The summed E-state index contributed by atoms with van der Waals surface area (Å²) in [5.41, 5.74) is 6.91. The van der Waals surface area contributed by atoms with Crippen LogP contribution in [0.3, 0.4) is 0 Å². The zero-order valence-electron chi connectivity index (χ0n) is 11.3. The van der Waals surface area contributed by atoms with Gasteiger partial charge in [-0.1, -0.05) is 18.2 Å². The van der Waals surface area contributed by atoms with Crippen molar-refractivity contribution in [2.75, 3.05) is 13.2 Å². The van der Waals surface area contributed by atoms with E-state index in [1.165, 1.54) is 0 Å². The minimum absolute atomic E-state index is 0.115. The average Bonchev–Trinajstić information content (AvgIpc) is 2.83. The molecule has 0 aliphatic carbocycles. The van der Waals surface area contributed by atoms with Gasteiger partial charge in [0.25, 0.3) is 0 Å². The fourth-order valence-electron chi connectivity index (χ4n) is 1.96. The summed E-state index contributed by atoms with van der Waals surface area (Å²) < 4.78 is 7.43. The number of nitrogens with zero attached hydrogens (tertiary/aromatic N) is 4. The Bertz CT molecular complexity index is 525. The van der Waals surface area contributed by atoms with Crippen molar-refractivity contribution in [3.8, 4) is 5.75 Å². The molecular formula is C13H19N5O. The summed E-state index contributed by atoms with van der Waals surface area (Å²) in [5.74, 6) is 1.83. The number of tetrazole rings is 1. The Morgan fingerprint density at radius 3 is 2.79 bits per heavy atom. The smallest absolute Gasteiger partial charge is 0.155 e. The molecule has 1 heterocycles. The summed E-state index contributed by atoms with van der Waals surface area (Å²) in [5, 5.41) is 11.5. The molecule has 0 aliphatic rings. The van der Waals surface area contributed by atoms with Gasteiger partial charge in [0, 0.05) is 19.5 Å². The van der Waals surface area contributed by atoms with Crippen molar-refractivity contribution in [1.82, 2.24) is 20.2 Å². The van der Waals surface area contributed by atoms with Crippen LogP contribution in [0.2, 0.25) is 0 Å². The van der Waals surface area contributed by atoms with Crippen molar-refractivity contribution in [3.63, 3.8) is 0 Å². The standard InChI is InChI=1S/C13H19N5O/c1-10-5-3-4-6-12(10)19-8-7-11(9-14)13-15-16-17-18(13)2/h3-6,11H,7-9,14H2,1-2H3.